The Morgan fingerprint density at radius 1 is 1.64 bits per heavy atom. The van der Waals surface area contributed by atoms with Crippen LogP contribution in [0.15, 0.2) is 0 Å². The third kappa shape index (κ3) is 6.04. The first-order chi connectivity index (χ1) is 4.83. The fraction of sp³-hybridized carbons (Fsp3) is 0.857. The summed E-state index contributed by atoms with van der Waals surface area (Å²) in [5.41, 5.74) is 0. The van der Waals surface area contributed by atoms with E-state index in [1.54, 1.807) is 6.92 Å². The molecule has 0 aromatic heterocycles. The molecule has 0 aliphatic heterocycles. The summed E-state index contributed by atoms with van der Waals surface area (Å²) in [4.78, 5) is 10.7. The van der Waals surface area contributed by atoms with E-state index in [2.05, 4.69) is 0 Å². The number of ketones is 1. The van der Waals surface area contributed by atoms with Crippen LogP contribution >= 0.6 is 0 Å². The number of carbonyl (C=O) groups is 1. The molecular formula is C7H15NO2S. The SMILES string of the molecule is CC(=O)C(C)CCS(C)(=N)=O. The lowest BCUT2D eigenvalue weighted by molar-refractivity contribution is -0.120. The van der Waals surface area contributed by atoms with E-state index < -0.39 is 9.73 Å². The normalized spacial score (nSPS) is 18.8. The average Bonchev–Trinajstić information content (AvgIpc) is 1.80. The number of hydrogen-bond acceptors (Lipinski definition) is 3. The van der Waals surface area contributed by atoms with Gasteiger partial charge in [-0.2, -0.15) is 0 Å². The second kappa shape index (κ2) is 3.85. The van der Waals surface area contributed by atoms with E-state index in [-0.39, 0.29) is 11.7 Å². The van der Waals surface area contributed by atoms with Crippen LogP contribution in [0.25, 0.3) is 0 Å². The summed E-state index contributed by atoms with van der Waals surface area (Å²) in [5.74, 6) is 0.378. The lowest BCUT2D eigenvalue weighted by atomic mass is 10.1. The zero-order valence-electron chi connectivity index (χ0n) is 7.22. The minimum absolute atomic E-state index is 0.0545. The summed E-state index contributed by atoms with van der Waals surface area (Å²) >= 11 is 0. The monoisotopic (exact) mass is 177 g/mol. The quantitative estimate of drug-likeness (QED) is 0.703. The van der Waals surface area contributed by atoms with Crippen molar-refractivity contribution in [3.8, 4) is 0 Å². The minimum atomic E-state index is -2.40. The van der Waals surface area contributed by atoms with Crippen LogP contribution in [0.5, 0.6) is 0 Å². The van der Waals surface area contributed by atoms with Crippen molar-refractivity contribution < 1.29 is 9.00 Å². The maximum atomic E-state index is 10.9. The van der Waals surface area contributed by atoms with Crippen LogP contribution in [0, 0.1) is 10.7 Å². The van der Waals surface area contributed by atoms with Crippen LogP contribution in [-0.4, -0.2) is 22.0 Å². The molecule has 0 amide bonds. The average molecular weight is 177 g/mol. The van der Waals surface area contributed by atoms with Gasteiger partial charge < -0.3 is 0 Å². The van der Waals surface area contributed by atoms with Gasteiger partial charge in [-0.25, -0.2) is 0 Å². The molecule has 0 radical (unpaired) electrons. The molecule has 0 aromatic rings. The second-order valence-corrected chi connectivity index (χ2v) is 5.43. The van der Waals surface area contributed by atoms with Gasteiger partial charge >= 0.3 is 0 Å². The van der Waals surface area contributed by atoms with E-state index in [1.165, 1.54) is 13.2 Å². The largest absolute Gasteiger partial charge is 0.300 e. The lowest BCUT2D eigenvalue weighted by Crippen LogP contribution is -2.12. The zero-order chi connectivity index (χ0) is 9.07. The molecule has 0 aliphatic rings. The molecule has 4 heteroatoms. The molecule has 0 aromatic carbocycles. The molecule has 0 spiro atoms. The third-order valence-corrected chi connectivity index (χ3v) is 2.65. The molecule has 66 valence electrons. The Morgan fingerprint density at radius 2 is 2.09 bits per heavy atom. The van der Waals surface area contributed by atoms with E-state index in [0.29, 0.717) is 12.2 Å². The number of hydrogen-bond donors (Lipinski definition) is 1. The maximum absolute atomic E-state index is 10.9. The Hall–Kier alpha value is -0.380. The molecule has 2 atom stereocenters. The highest BCUT2D eigenvalue weighted by molar-refractivity contribution is 7.91. The molecular weight excluding hydrogens is 162 g/mol. The molecule has 0 saturated carbocycles. The van der Waals surface area contributed by atoms with E-state index in [1.807, 2.05) is 0 Å². The molecule has 11 heavy (non-hydrogen) atoms. The summed E-state index contributed by atoms with van der Waals surface area (Å²) in [6, 6.07) is 0. The van der Waals surface area contributed by atoms with E-state index in [0.717, 1.165) is 0 Å². The van der Waals surface area contributed by atoms with Crippen molar-refractivity contribution in [1.82, 2.24) is 0 Å². The Balaban J connectivity index is 3.82. The van der Waals surface area contributed by atoms with Gasteiger partial charge in [-0.15, -0.1) is 0 Å². The van der Waals surface area contributed by atoms with Crippen molar-refractivity contribution in [2.24, 2.45) is 5.92 Å². The summed E-state index contributed by atoms with van der Waals surface area (Å²) in [6.45, 7) is 3.32. The summed E-state index contributed by atoms with van der Waals surface area (Å²) in [6.07, 6.45) is 1.97. The topological polar surface area (TPSA) is 58.0 Å². The fourth-order valence-corrected chi connectivity index (χ4v) is 1.41. The van der Waals surface area contributed by atoms with Crippen LogP contribution in [0.4, 0.5) is 0 Å². The summed E-state index contributed by atoms with van der Waals surface area (Å²) < 4.78 is 18.0. The molecule has 0 heterocycles. The van der Waals surface area contributed by atoms with Crippen molar-refractivity contribution in [3.63, 3.8) is 0 Å². The molecule has 0 aliphatic carbocycles. The smallest absolute Gasteiger partial charge is 0.132 e. The van der Waals surface area contributed by atoms with Crippen LogP contribution in [-0.2, 0) is 14.5 Å². The summed E-state index contributed by atoms with van der Waals surface area (Å²) in [7, 11) is -2.40. The molecule has 0 bridgehead atoms. The standard InChI is InChI=1S/C7H15NO2S/c1-6(7(2)9)4-5-11(3,8)10/h6,8H,4-5H2,1-3H3. The van der Waals surface area contributed by atoms with Gasteiger partial charge in [-0.1, -0.05) is 6.92 Å². The van der Waals surface area contributed by atoms with Crippen molar-refractivity contribution in [2.45, 2.75) is 20.3 Å². The first-order valence-corrected chi connectivity index (χ1v) is 5.68. The van der Waals surface area contributed by atoms with Crippen LogP contribution in [0.3, 0.4) is 0 Å². The van der Waals surface area contributed by atoms with E-state index in [9.17, 15) is 9.00 Å². The third-order valence-electron chi connectivity index (χ3n) is 1.63. The van der Waals surface area contributed by atoms with Crippen molar-refractivity contribution in [1.29, 1.82) is 4.78 Å². The molecule has 0 fully saturated rings. The van der Waals surface area contributed by atoms with Gasteiger partial charge in [0.2, 0.25) is 0 Å². The van der Waals surface area contributed by atoms with Crippen molar-refractivity contribution in [3.05, 3.63) is 0 Å². The number of rotatable bonds is 4. The Kier molecular flexibility index (Phi) is 3.72. The van der Waals surface area contributed by atoms with Gasteiger partial charge in [0, 0.05) is 27.7 Å². The highest BCUT2D eigenvalue weighted by Crippen LogP contribution is 2.04. The van der Waals surface area contributed by atoms with Crippen LogP contribution in [0.2, 0.25) is 0 Å². The van der Waals surface area contributed by atoms with Gasteiger partial charge in [0.1, 0.15) is 5.78 Å². The first kappa shape index (κ1) is 10.6. The fourth-order valence-electron chi connectivity index (χ4n) is 0.605. The van der Waals surface area contributed by atoms with Gasteiger partial charge in [0.25, 0.3) is 0 Å². The Bertz CT molecular complexity index is 231. The molecule has 2 unspecified atom stereocenters. The predicted molar refractivity (Wildman–Crippen MR) is 46.1 cm³/mol. The van der Waals surface area contributed by atoms with Gasteiger partial charge in [0.05, 0.1) is 0 Å². The van der Waals surface area contributed by atoms with Crippen molar-refractivity contribution in [2.75, 3.05) is 12.0 Å². The minimum Gasteiger partial charge on any atom is -0.300 e. The Morgan fingerprint density at radius 3 is 2.36 bits per heavy atom. The molecule has 1 N–H and O–H groups in total. The Labute approximate surface area is 68.2 Å². The zero-order valence-corrected chi connectivity index (χ0v) is 8.03. The molecule has 0 saturated heterocycles. The molecule has 0 rings (SSSR count). The van der Waals surface area contributed by atoms with Gasteiger partial charge in [-0.05, 0) is 13.3 Å². The number of carbonyl (C=O) groups excluding carboxylic acids is 1. The maximum Gasteiger partial charge on any atom is 0.132 e. The lowest BCUT2D eigenvalue weighted by Gasteiger charge is -2.06. The van der Waals surface area contributed by atoms with E-state index in [4.69, 9.17) is 4.78 Å². The number of Topliss-reactive ketones (excluding diaryl/α,β-unsaturated/α-hetero) is 1. The van der Waals surface area contributed by atoms with E-state index >= 15 is 0 Å². The van der Waals surface area contributed by atoms with Gasteiger partial charge in [-0.3, -0.25) is 13.8 Å². The van der Waals surface area contributed by atoms with Crippen LogP contribution in [0.1, 0.15) is 20.3 Å². The highest BCUT2D eigenvalue weighted by atomic mass is 32.2. The van der Waals surface area contributed by atoms with Crippen molar-refractivity contribution >= 4 is 15.5 Å². The first-order valence-electron chi connectivity index (χ1n) is 3.55. The summed E-state index contributed by atoms with van der Waals surface area (Å²) in [5, 5.41) is 0. The highest BCUT2D eigenvalue weighted by Gasteiger charge is 2.09. The second-order valence-electron chi connectivity index (χ2n) is 3.01. The van der Waals surface area contributed by atoms with Crippen LogP contribution < -0.4 is 0 Å². The predicted octanol–water partition coefficient (Wildman–Crippen LogP) is 1.28. The van der Waals surface area contributed by atoms with Gasteiger partial charge in [0.15, 0.2) is 0 Å². The molecule has 3 nitrogen and oxygen atoms in total. The number of nitrogens with one attached hydrogen (secondary N) is 1.